The third-order valence-electron chi connectivity index (χ3n) is 6.97. The molecule has 2 heterocycles. The fourth-order valence-corrected chi connectivity index (χ4v) is 4.94. The Morgan fingerprint density at radius 2 is 1.28 bits per heavy atom. The standard InChI is InChI=1S/C32H10F6N6O2/c1-40-22(14-39)29-44-25-20(15-4-8-18(9-5-15)31(33,34)35)12-17-13-21-26(45-30(43-21)28(41-2)42-3)23(24(17)27(25)46-29)16-6-10-19(11-7-16)32(36,37)38/h4-13H/b29-22-. The fourth-order valence-electron chi connectivity index (χ4n) is 4.94. The highest BCUT2D eigenvalue weighted by molar-refractivity contribution is 6.20. The monoisotopic (exact) mass is 624 g/mol. The van der Waals surface area contributed by atoms with Crippen molar-refractivity contribution in [2.24, 2.45) is 0 Å². The molecule has 8 nitrogen and oxygen atoms in total. The molecule has 0 aliphatic heterocycles. The third kappa shape index (κ3) is 4.81. The normalized spacial score (nSPS) is 12.4. The molecule has 2 aromatic heterocycles. The molecule has 6 rings (SSSR count). The van der Waals surface area contributed by atoms with E-state index in [0.717, 1.165) is 24.3 Å². The SMILES string of the molecule is [C-]#[N+]C([N+]#[C-])=c1nc2cc3cc(-c4ccc(C(F)(F)F)cc4)c4n/c(=C(\C#N)[N+]#[C-])oc4c3c(-c3ccc(C(F)(F)F)cc3)c2o1. The number of aromatic nitrogens is 2. The van der Waals surface area contributed by atoms with E-state index >= 15 is 0 Å². The number of rotatable bonds is 2. The summed E-state index contributed by atoms with van der Waals surface area (Å²) in [7, 11) is 0. The smallest absolute Gasteiger partial charge is 0.445 e. The van der Waals surface area contributed by atoms with Gasteiger partial charge in [-0.25, -0.2) is 20.1 Å². The van der Waals surface area contributed by atoms with E-state index in [1.54, 1.807) is 6.07 Å². The molecule has 0 fully saturated rings. The number of hydrogen-bond donors (Lipinski definition) is 0. The van der Waals surface area contributed by atoms with Gasteiger partial charge in [0.25, 0.3) is 0 Å². The van der Waals surface area contributed by atoms with Crippen LogP contribution in [0.15, 0.2) is 69.5 Å². The van der Waals surface area contributed by atoms with Crippen LogP contribution < -0.4 is 11.1 Å². The van der Waals surface area contributed by atoms with Crippen LogP contribution in [0.5, 0.6) is 0 Å². The lowest BCUT2D eigenvalue weighted by Gasteiger charge is -2.13. The van der Waals surface area contributed by atoms with Crippen LogP contribution in [0.3, 0.4) is 0 Å². The molecule has 46 heavy (non-hydrogen) atoms. The Kier molecular flexibility index (Phi) is 6.73. The van der Waals surface area contributed by atoms with E-state index < -0.39 is 40.5 Å². The Morgan fingerprint density at radius 3 is 1.80 bits per heavy atom. The summed E-state index contributed by atoms with van der Waals surface area (Å²) in [5.41, 5.74) is -2.29. The fraction of sp³-hybridized carbons (Fsp3) is 0.0625. The number of halogens is 6. The van der Waals surface area contributed by atoms with Gasteiger partial charge in [0.1, 0.15) is 24.2 Å². The molecule has 0 saturated carbocycles. The van der Waals surface area contributed by atoms with Gasteiger partial charge in [0.15, 0.2) is 11.2 Å². The van der Waals surface area contributed by atoms with Crippen LogP contribution in [-0.4, -0.2) is 9.97 Å². The van der Waals surface area contributed by atoms with Crippen molar-refractivity contribution in [3.8, 4) is 28.3 Å². The first-order valence-corrected chi connectivity index (χ1v) is 12.7. The molecule has 0 unspecified atom stereocenters. The summed E-state index contributed by atoms with van der Waals surface area (Å²) in [4.78, 5) is 17.9. The summed E-state index contributed by atoms with van der Waals surface area (Å²) < 4.78 is 91.9. The minimum atomic E-state index is -4.64. The van der Waals surface area contributed by atoms with Crippen molar-refractivity contribution >= 4 is 44.5 Å². The van der Waals surface area contributed by atoms with E-state index in [-0.39, 0.29) is 55.4 Å². The lowest BCUT2D eigenvalue weighted by Crippen LogP contribution is -2.04. The van der Waals surface area contributed by atoms with Gasteiger partial charge in [-0.05, 0) is 52.9 Å². The van der Waals surface area contributed by atoms with Gasteiger partial charge in [0, 0.05) is 16.5 Å². The molecule has 0 bridgehead atoms. The van der Waals surface area contributed by atoms with Crippen molar-refractivity contribution in [2.75, 3.05) is 0 Å². The van der Waals surface area contributed by atoms with E-state index in [9.17, 15) is 31.6 Å². The molecule has 0 spiro atoms. The van der Waals surface area contributed by atoms with Crippen LogP contribution in [0, 0.1) is 31.0 Å². The molecule has 0 aliphatic rings. The van der Waals surface area contributed by atoms with E-state index in [2.05, 4.69) is 24.5 Å². The molecule has 222 valence electrons. The highest BCUT2D eigenvalue weighted by Crippen LogP contribution is 2.43. The molecular weight excluding hydrogens is 614 g/mol. The number of oxazole rings is 2. The second-order valence-corrected chi connectivity index (χ2v) is 9.61. The summed E-state index contributed by atoms with van der Waals surface area (Å²) in [6.07, 6.45) is -9.25. The minimum absolute atomic E-state index is 0.0248. The van der Waals surface area contributed by atoms with Gasteiger partial charge >= 0.3 is 29.4 Å². The summed E-state index contributed by atoms with van der Waals surface area (Å²) in [5, 5.41) is 10.00. The van der Waals surface area contributed by atoms with Crippen molar-refractivity contribution in [1.29, 1.82) is 5.26 Å². The van der Waals surface area contributed by atoms with Crippen molar-refractivity contribution < 1.29 is 35.2 Å². The molecular formula is C32H10F6N6O2. The van der Waals surface area contributed by atoms with E-state index in [0.29, 0.717) is 5.39 Å². The molecule has 14 heteroatoms. The molecule has 4 aromatic carbocycles. The van der Waals surface area contributed by atoms with Crippen LogP contribution >= 0.6 is 0 Å². The average Bonchev–Trinajstić information content (AvgIpc) is 3.65. The predicted octanol–water partition coefficient (Wildman–Crippen LogP) is 7.95. The van der Waals surface area contributed by atoms with Gasteiger partial charge in [0.05, 0.1) is 23.8 Å². The van der Waals surface area contributed by atoms with E-state index in [1.807, 2.05) is 0 Å². The van der Waals surface area contributed by atoms with E-state index in [1.165, 1.54) is 36.4 Å². The van der Waals surface area contributed by atoms with Crippen LogP contribution in [0.2, 0.25) is 0 Å². The van der Waals surface area contributed by atoms with Crippen molar-refractivity contribution in [3.63, 3.8) is 0 Å². The topological polar surface area (TPSA) is 88.9 Å². The zero-order valence-electron chi connectivity index (χ0n) is 22.5. The lowest BCUT2D eigenvalue weighted by atomic mass is 9.92. The molecule has 0 radical (unpaired) electrons. The highest BCUT2D eigenvalue weighted by atomic mass is 19.4. The van der Waals surface area contributed by atoms with Gasteiger partial charge in [0.2, 0.25) is 5.55 Å². The number of fused-ring (bicyclic) bond motifs is 4. The van der Waals surface area contributed by atoms with Gasteiger partial charge in [-0.15, -0.1) is 9.69 Å². The highest BCUT2D eigenvalue weighted by Gasteiger charge is 2.32. The number of alkyl halides is 6. The summed E-state index contributed by atoms with van der Waals surface area (Å²) in [6, 6.07) is 12.9. The zero-order chi connectivity index (χ0) is 33.0. The van der Waals surface area contributed by atoms with Gasteiger partial charge < -0.3 is 8.83 Å². The quantitative estimate of drug-likeness (QED) is 0.144. The summed E-state index contributed by atoms with van der Waals surface area (Å²) in [6.45, 7) is 22.0. The molecule has 0 saturated heterocycles. The van der Waals surface area contributed by atoms with Gasteiger partial charge in [-0.3, -0.25) is 0 Å². The maximum atomic E-state index is 13.4. The van der Waals surface area contributed by atoms with Crippen LogP contribution in [-0.2, 0) is 12.4 Å². The molecule has 0 amide bonds. The second-order valence-electron chi connectivity index (χ2n) is 9.61. The first-order chi connectivity index (χ1) is 21.9. The zero-order valence-corrected chi connectivity index (χ0v) is 22.5. The van der Waals surface area contributed by atoms with Crippen LogP contribution in [0.1, 0.15) is 11.1 Å². The molecule has 0 N–H and O–H groups in total. The Balaban J connectivity index is 1.82. The Hall–Kier alpha value is -6.64. The first-order valence-electron chi connectivity index (χ1n) is 12.7. The molecule has 0 aliphatic carbocycles. The summed E-state index contributed by atoms with van der Waals surface area (Å²) in [5.74, 6) is -0.513. The first kappa shape index (κ1) is 29.4. The van der Waals surface area contributed by atoms with Crippen molar-refractivity contribution in [1.82, 2.24) is 9.97 Å². The minimum Gasteiger partial charge on any atom is -0.445 e. The summed E-state index contributed by atoms with van der Waals surface area (Å²) >= 11 is 0. The second kappa shape index (κ2) is 10.5. The number of nitriles is 1. The maximum absolute atomic E-state index is 13.4. The van der Waals surface area contributed by atoms with Crippen LogP contribution in [0.25, 0.3) is 81.3 Å². The number of nitrogens with zero attached hydrogens (tertiary/aromatic N) is 6. The Labute approximate surface area is 252 Å². The largest absolute Gasteiger partial charge is 0.582 e. The molecule has 6 aromatic rings. The molecule has 0 atom stereocenters. The van der Waals surface area contributed by atoms with Crippen molar-refractivity contribution in [2.45, 2.75) is 12.4 Å². The maximum Gasteiger partial charge on any atom is 0.582 e. The van der Waals surface area contributed by atoms with Gasteiger partial charge in [-0.2, -0.15) is 26.3 Å². The van der Waals surface area contributed by atoms with Gasteiger partial charge in [-0.1, -0.05) is 24.3 Å². The third-order valence-corrected chi connectivity index (χ3v) is 6.97. The average molecular weight is 624 g/mol. The Morgan fingerprint density at radius 1 is 0.717 bits per heavy atom. The number of hydrogen-bond acceptors (Lipinski definition) is 5. The van der Waals surface area contributed by atoms with E-state index in [4.69, 9.17) is 28.6 Å². The Bertz CT molecular complexity index is 2500. The van der Waals surface area contributed by atoms with Crippen LogP contribution in [0.4, 0.5) is 26.3 Å². The predicted molar refractivity (Wildman–Crippen MR) is 151 cm³/mol. The van der Waals surface area contributed by atoms with Crippen molar-refractivity contribution in [3.05, 3.63) is 117 Å². The lowest BCUT2D eigenvalue weighted by molar-refractivity contribution is -0.138. The number of benzene rings is 4.